The number of hydrogen-bond donors (Lipinski definition) is 2. The van der Waals surface area contributed by atoms with E-state index in [1.165, 1.54) is 60.9 Å². The van der Waals surface area contributed by atoms with Gasteiger partial charge in [0.1, 0.15) is 0 Å². The molecule has 2 aliphatic rings. The van der Waals surface area contributed by atoms with Gasteiger partial charge in [-0.25, -0.2) is 0 Å². The monoisotopic (exact) mass is 320 g/mol. The largest absolute Gasteiger partial charge is 0.312 e. The second-order valence-electron chi connectivity index (χ2n) is 7.40. The number of benzene rings is 2. The molecule has 2 saturated carbocycles. The van der Waals surface area contributed by atoms with Crippen molar-refractivity contribution in [2.45, 2.75) is 51.2 Å². The fourth-order valence-electron chi connectivity index (χ4n) is 3.47. The number of nitrogens with one attached hydrogen (secondary N) is 2. The minimum absolute atomic E-state index is 0.730. The Bertz CT molecular complexity index is 671. The van der Waals surface area contributed by atoms with E-state index in [0.717, 1.165) is 25.0 Å². The van der Waals surface area contributed by atoms with Crippen LogP contribution in [0.5, 0.6) is 0 Å². The molecule has 0 bridgehead atoms. The summed E-state index contributed by atoms with van der Waals surface area (Å²) in [6, 6.07) is 18.5. The Kier molecular flexibility index (Phi) is 4.96. The van der Waals surface area contributed by atoms with Gasteiger partial charge in [-0.2, -0.15) is 0 Å². The lowest BCUT2D eigenvalue weighted by molar-refractivity contribution is 0.338. The molecule has 2 heteroatoms. The molecule has 2 aromatic rings. The Morgan fingerprint density at radius 3 is 1.96 bits per heavy atom. The van der Waals surface area contributed by atoms with Crippen molar-refractivity contribution in [1.29, 1.82) is 0 Å². The Morgan fingerprint density at radius 1 is 0.750 bits per heavy atom. The highest BCUT2D eigenvalue weighted by molar-refractivity contribution is 5.70. The molecule has 0 amide bonds. The third kappa shape index (κ3) is 3.88. The van der Waals surface area contributed by atoms with Crippen LogP contribution in [0.4, 0.5) is 0 Å². The summed E-state index contributed by atoms with van der Waals surface area (Å²) in [5.41, 5.74) is 5.59. The molecule has 2 N–H and O–H groups in total. The fourth-order valence-corrected chi connectivity index (χ4v) is 3.47. The first kappa shape index (κ1) is 15.9. The summed E-state index contributed by atoms with van der Waals surface area (Å²) in [6.07, 6.45) is 6.87. The maximum absolute atomic E-state index is 3.72. The number of hydrogen-bond acceptors (Lipinski definition) is 2. The van der Waals surface area contributed by atoms with E-state index in [0.29, 0.717) is 0 Å². The summed E-state index contributed by atoms with van der Waals surface area (Å²) in [4.78, 5) is 0. The highest BCUT2D eigenvalue weighted by atomic mass is 14.9. The standard InChI is InChI=1S/C22H28N2/c1-3-10-21(18(6-1)15-23-14-17-12-13-17)22-11-4-2-7-19(22)16-24-20-8-5-9-20/h1-4,6-7,10-11,17,20,23-24H,5,8-9,12-16H2. The van der Waals surface area contributed by atoms with Crippen LogP contribution < -0.4 is 10.6 Å². The molecular weight excluding hydrogens is 292 g/mol. The Balaban J connectivity index is 1.51. The summed E-state index contributed by atoms with van der Waals surface area (Å²) in [5, 5.41) is 7.36. The average Bonchev–Trinajstić information content (AvgIpc) is 3.39. The molecule has 2 fully saturated rings. The molecule has 2 aliphatic carbocycles. The first-order valence-corrected chi connectivity index (χ1v) is 9.50. The smallest absolute Gasteiger partial charge is 0.0214 e. The van der Waals surface area contributed by atoms with Gasteiger partial charge in [-0.05, 0) is 60.4 Å². The lowest BCUT2D eigenvalue weighted by atomic mass is 9.92. The van der Waals surface area contributed by atoms with E-state index >= 15 is 0 Å². The summed E-state index contributed by atoms with van der Waals surface area (Å²) < 4.78 is 0. The van der Waals surface area contributed by atoms with E-state index < -0.39 is 0 Å². The van der Waals surface area contributed by atoms with Gasteiger partial charge >= 0.3 is 0 Å². The third-order valence-corrected chi connectivity index (χ3v) is 5.46. The van der Waals surface area contributed by atoms with Crippen molar-refractivity contribution in [1.82, 2.24) is 10.6 Å². The molecule has 126 valence electrons. The van der Waals surface area contributed by atoms with Gasteiger partial charge in [0.25, 0.3) is 0 Å². The van der Waals surface area contributed by atoms with Gasteiger partial charge in [-0.1, -0.05) is 55.0 Å². The van der Waals surface area contributed by atoms with Crippen LogP contribution in [-0.2, 0) is 13.1 Å². The second-order valence-corrected chi connectivity index (χ2v) is 7.40. The van der Waals surface area contributed by atoms with E-state index in [4.69, 9.17) is 0 Å². The normalized spacial score (nSPS) is 17.7. The number of rotatable bonds is 8. The molecule has 0 spiro atoms. The summed E-state index contributed by atoms with van der Waals surface area (Å²) >= 11 is 0. The lowest BCUT2D eigenvalue weighted by Crippen LogP contribution is -2.34. The van der Waals surface area contributed by atoms with Crippen molar-refractivity contribution in [2.75, 3.05) is 6.54 Å². The van der Waals surface area contributed by atoms with Gasteiger partial charge in [-0.3, -0.25) is 0 Å². The molecule has 2 nitrogen and oxygen atoms in total. The first-order chi connectivity index (χ1) is 11.9. The molecule has 0 aromatic heterocycles. The Labute approximate surface area is 145 Å². The second kappa shape index (κ2) is 7.50. The van der Waals surface area contributed by atoms with Gasteiger partial charge in [0.15, 0.2) is 0 Å². The van der Waals surface area contributed by atoms with Crippen molar-refractivity contribution < 1.29 is 0 Å². The topological polar surface area (TPSA) is 24.1 Å². The van der Waals surface area contributed by atoms with E-state index in [1.54, 1.807) is 0 Å². The van der Waals surface area contributed by atoms with Crippen LogP contribution in [0.3, 0.4) is 0 Å². The maximum Gasteiger partial charge on any atom is 0.0214 e. The lowest BCUT2D eigenvalue weighted by Gasteiger charge is -2.27. The average molecular weight is 320 g/mol. The molecule has 2 aromatic carbocycles. The quantitative estimate of drug-likeness (QED) is 0.748. The fraction of sp³-hybridized carbons (Fsp3) is 0.455. The van der Waals surface area contributed by atoms with Gasteiger partial charge < -0.3 is 10.6 Å². The predicted octanol–water partition coefficient (Wildman–Crippen LogP) is 4.50. The predicted molar refractivity (Wildman–Crippen MR) is 101 cm³/mol. The van der Waals surface area contributed by atoms with E-state index in [2.05, 4.69) is 59.2 Å². The van der Waals surface area contributed by atoms with Crippen molar-refractivity contribution in [2.24, 2.45) is 5.92 Å². The minimum Gasteiger partial charge on any atom is -0.312 e. The van der Waals surface area contributed by atoms with Crippen molar-refractivity contribution in [3.05, 3.63) is 59.7 Å². The van der Waals surface area contributed by atoms with E-state index in [9.17, 15) is 0 Å². The van der Waals surface area contributed by atoms with Gasteiger partial charge in [-0.15, -0.1) is 0 Å². The maximum atomic E-state index is 3.72. The van der Waals surface area contributed by atoms with Crippen LogP contribution in [0, 0.1) is 5.92 Å². The first-order valence-electron chi connectivity index (χ1n) is 9.50. The molecule has 0 atom stereocenters. The summed E-state index contributed by atoms with van der Waals surface area (Å²) in [7, 11) is 0. The molecule has 0 aliphatic heterocycles. The highest BCUT2D eigenvalue weighted by Gasteiger charge is 2.20. The molecular formula is C22H28N2. The van der Waals surface area contributed by atoms with Gasteiger partial charge in [0, 0.05) is 19.1 Å². The van der Waals surface area contributed by atoms with Crippen LogP contribution in [0.25, 0.3) is 11.1 Å². The van der Waals surface area contributed by atoms with Crippen molar-refractivity contribution >= 4 is 0 Å². The molecule has 0 saturated heterocycles. The van der Waals surface area contributed by atoms with Crippen LogP contribution >= 0.6 is 0 Å². The zero-order chi connectivity index (χ0) is 16.2. The van der Waals surface area contributed by atoms with E-state index in [-0.39, 0.29) is 0 Å². The SMILES string of the molecule is c1ccc(-c2ccccc2CNC2CCC2)c(CNCC2CC2)c1. The minimum atomic E-state index is 0.730. The van der Waals surface area contributed by atoms with Crippen LogP contribution in [0.1, 0.15) is 43.2 Å². The van der Waals surface area contributed by atoms with Gasteiger partial charge in [0.05, 0.1) is 0 Å². The van der Waals surface area contributed by atoms with Crippen LogP contribution in [0.2, 0.25) is 0 Å². The molecule has 24 heavy (non-hydrogen) atoms. The third-order valence-electron chi connectivity index (χ3n) is 5.46. The Morgan fingerprint density at radius 2 is 1.38 bits per heavy atom. The summed E-state index contributed by atoms with van der Waals surface area (Å²) in [6.45, 7) is 3.11. The highest BCUT2D eigenvalue weighted by Crippen LogP contribution is 2.30. The van der Waals surface area contributed by atoms with Gasteiger partial charge in [0.2, 0.25) is 0 Å². The molecule has 0 radical (unpaired) electrons. The van der Waals surface area contributed by atoms with Crippen molar-refractivity contribution in [3.8, 4) is 11.1 Å². The summed E-state index contributed by atoms with van der Waals surface area (Å²) in [5.74, 6) is 0.927. The molecule has 0 heterocycles. The van der Waals surface area contributed by atoms with E-state index in [1.807, 2.05) is 0 Å². The van der Waals surface area contributed by atoms with Crippen LogP contribution in [0.15, 0.2) is 48.5 Å². The van der Waals surface area contributed by atoms with Crippen molar-refractivity contribution in [3.63, 3.8) is 0 Å². The molecule has 4 rings (SSSR count). The van der Waals surface area contributed by atoms with Crippen LogP contribution in [-0.4, -0.2) is 12.6 Å². The Hall–Kier alpha value is -1.64. The molecule has 0 unspecified atom stereocenters. The zero-order valence-corrected chi connectivity index (χ0v) is 14.4. The zero-order valence-electron chi connectivity index (χ0n) is 14.4.